The molecular weight excluding hydrogens is 356 g/mol. The summed E-state index contributed by atoms with van der Waals surface area (Å²) in [6.45, 7) is 4.34. The fourth-order valence-corrected chi connectivity index (χ4v) is 3.94. The van der Waals surface area contributed by atoms with Crippen LogP contribution in [0.2, 0.25) is 0 Å². The molecule has 7 nitrogen and oxygen atoms in total. The van der Waals surface area contributed by atoms with Crippen molar-refractivity contribution in [3.63, 3.8) is 0 Å². The minimum Gasteiger partial charge on any atom is -0.462 e. The molecule has 2 aromatic rings. The van der Waals surface area contributed by atoms with E-state index >= 15 is 0 Å². The summed E-state index contributed by atoms with van der Waals surface area (Å²) in [6, 6.07) is 4.41. The van der Waals surface area contributed by atoms with E-state index in [2.05, 4.69) is 5.32 Å². The van der Waals surface area contributed by atoms with Crippen molar-refractivity contribution in [3.05, 3.63) is 40.7 Å². The second-order valence-electron chi connectivity index (χ2n) is 5.97. The van der Waals surface area contributed by atoms with Crippen molar-refractivity contribution in [2.45, 2.75) is 32.7 Å². The summed E-state index contributed by atoms with van der Waals surface area (Å²) in [4.78, 5) is 39.1. The summed E-state index contributed by atoms with van der Waals surface area (Å²) < 4.78 is 10.2. The number of furan rings is 1. The topological polar surface area (TPSA) is 88.9 Å². The normalized spacial score (nSPS) is 16.5. The van der Waals surface area contributed by atoms with Crippen LogP contribution in [0.15, 0.2) is 28.9 Å². The molecule has 3 heterocycles. The number of thiophene rings is 1. The molecule has 138 valence electrons. The fraction of sp³-hybridized carbons (Fsp3) is 0.389. The lowest BCUT2D eigenvalue weighted by Gasteiger charge is -2.22. The third kappa shape index (κ3) is 3.65. The number of nitrogens with one attached hydrogen (secondary N) is 1. The van der Waals surface area contributed by atoms with Gasteiger partial charge in [-0.2, -0.15) is 0 Å². The number of nitrogens with zero attached hydrogens (tertiary/aromatic N) is 1. The van der Waals surface area contributed by atoms with Gasteiger partial charge in [-0.05, 0) is 50.5 Å². The van der Waals surface area contributed by atoms with Crippen LogP contribution >= 0.6 is 11.3 Å². The largest absolute Gasteiger partial charge is 0.462 e. The summed E-state index contributed by atoms with van der Waals surface area (Å²) >= 11 is 1.17. The molecule has 2 aromatic heterocycles. The van der Waals surface area contributed by atoms with Gasteiger partial charge in [0.15, 0.2) is 5.76 Å². The average Bonchev–Trinajstić information content (AvgIpc) is 3.35. The van der Waals surface area contributed by atoms with E-state index in [1.54, 1.807) is 32.0 Å². The summed E-state index contributed by atoms with van der Waals surface area (Å²) in [5.74, 6) is -0.728. The first-order valence-electron chi connectivity index (χ1n) is 8.44. The lowest BCUT2D eigenvalue weighted by Crippen LogP contribution is -2.43. The van der Waals surface area contributed by atoms with Crippen molar-refractivity contribution >= 4 is 34.1 Å². The van der Waals surface area contributed by atoms with E-state index in [1.165, 1.54) is 22.5 Å². The number of aryl methyl sites for hydroxylation is 1. The molecule has 1 saturated heterocycles. The molecule has 1 atom stereocenters. The highest BCUT2D eigenvalue weighted by atomic mass is 32.1. The molecule has 1 unspecified atom stereocenters. The van der Waals surface area contributed by atoms with Crippen LogP contribution in [0.1, 0.15) is 45.6 Å². The number of amides is 2. The molecule has 1 aliphatic heterocycles. The van der Waals surface area contributed by atoms with Gasteiger partial charge in [0.2, 0.25) is 5.91 Å². The summed E-state index contributed by atoms with van der Waals surface area (Å²) in [7, 11) is 0. The minimum absolute atomic E-state index is 0.223. The monoisotopic (exact) mass is 376 g/mol. The molecule has 1 N–H and O–H groups in total. The molecule has 0 aliphatic carbocycles. The lowest BCUT2D eigenvalue weighted by molar-refractivity contribution is -0.119. The Morgan fingerprint density at radius 2 is 2.23 bits per heavy atom. The molecule has 1 fully saturated rings. The number of anilines is 1. The van der Waals surface area contributed by atoms with E-state index in [0.717, 1.165) is 12.0 Å². The van der Waals surface area contributed by atoms with Crippen LogP contribution in [-0.4, -0.2) is 41.9 Å². The minimum atomic E-state index is -0.555. The number of carbonyl (C=O) groups is 3. The summed E-state index contributed by atoms with van der Waals surface area (Å²) in [5.41, 5.74) is 0.749. The fourth-order valence-electron chi connectivity index (χ4n) is 2.97. The quantitative estimate of drug-likeness (QED) is 0.810. The number of ether oxygens (including phenoxy) is 1. The summed E-state index contributed by atoms with van der Waals surface area (Å²) in [6.07, 6.45) is 2.78. The summed E-state index contributed by atoms with van der Waals surface area (Å²) in [5, 5.41) is 3.38. The third-order valence-electron chi connectivity index (χ3n) is 4.17. The van der Waals surface area contributed by atoms with Crippen molar-refractivity contribution in [2.75, 3.05) is 18.5 Å². The molecule has 3 rings (SSSR count). The number of hydrogen-bond acceptors (Lipinski definition) is 6. The average molecular weight is 376 g/mol. The van der Waals surface area contributed by atoms with Gasteiger partial charge in [-0.3, -0.25) is 9.59 Å². The molecule has 0 saturated carbocycles. The molecule has 0 bridgehead atoms. The first kappa shape index (κ1) is 18.2. The zero-order valence-electron chi connectivity index (χ0n) is 14.6. The first-order valence-corrected chi connectivity index (χ1v) is 9.25. The van der Waals surface area contributed by atoms with Crippen LogP contribution in [0, 0.1) is 6.92 Å². The van der Waals surface area contributed by atoms with Gasteiger partial charge in [-0.15, -0.1) is 11.3 Å². The van der Waals surface area contributed by atoms with Gasteiger partial charge in [0.25, 0.3) is 5.91 Å². The SMILES string of the molecule is CCOC(=O)c1sc(NC(=O)C2CCCN2C(=O)c2ccco2)cc1C. The predicted molar refractivity (Wildman–Crippen MR) is 96.4 cm³/mol. The zero-order valence-corrected chi connectivity index (χ0v) is 15.4. The van der Waals surface area contributed by atoms with Crippen molar-refractivity contribution in [2.24, 2.45) is 0 Å². The Morgan fingerprint density at radius 3 is 2.92 bits per heavy atom. The molecule has 0 radical (unpaired) electrons. The number of likely N-dealkylation sites (tertiary alicyclic amines) is 1. The maximum absolute atomic E-state index is 12.7. The molecule has 0 aromatic carbocycles. The molecule has 1 aliphatic rings. The van der Waals surface area contributed by atoms with E-state index in [1.807, 2.05) is 0 Å². The van der Waals surface area contributed by atoms with Crippen LogP contribution in [-0.2, 0) is 9.53 Å². The maximum atomic E-state index is 12.7. The predicted octanol–water partition coefficient (Wildman–Crippen LogP) is 3.07. The van der Waals surface area contributed by atoms with Crippen LogP contribution < -0.4 is 5.32 Å². The van der Waals surface area contributed by atoms with E-state index in [0.29, 0.717) is 29.5 Å². The highest BCUT2D eigenvalue weighted by Gasteiger charge is 2.35. The van der Waals surface area contributed by atoms with Gasteiger partial charge >= 0.3 is 5.97 Å². The Hall–Kier alpha value is -2.61. The van der Waals surface area contributed by atoms with E-state index in [4.69, 9.17) is 9.15 Å². The number of esters is 1. The van der Waals surface area contributed by atoms with Crippen LogP contribution in [0.3, 0.4) is 0 Å². The van der Waals surface area contributed by atoms with Gasteiger partial charge in [0.05, 0.1) is 17.9 Å². The Kier molecular flexibility index (Phi) is 5.41. The molecule has 26 heavy (non-hydrogen) atoms. The van der Waals surface area contributed by atoms with Crippen molar-refractivity contribution < 1.29 is 23.5 Å². The van der Waals surface area contributed by atoms with Crippen molar-refractivity contribution in [3.8, 4) is 0 Å². The zero-order chi connectivity index (χ0) is 18.7. The van der Waals surface area contributed by atoms with Gasteiger partial charge < -0.3 is 19.4 Å². The van der Waals surface area contributed by atoms with Gasteiger partial charge in [0.1, 0.15) is 10.9 Å². The number of rotatable bonds is 5. The molecule has 8 heteroatoms. The van der Waals surface area contributed by atoms with Gasteiger partial charge in [-0.1, -0.05) is 0 Å². The van der Waals surface area contributed by atoms with Crippen molar-refractivity contribution in [1.29, 1.82) is 0 Å². The second-order valence-corrected chi connectivity index (χ2v) is 7.02. The van der Waals surface area contributed by atoms with Gasteiger partial charge in [0, 0.05) is 6.54 Å². The Balaban J connectivity index is 1.70. The first-order chi connectivity index (χ1) is 12.5. The second kappa shape index (κ2) is 7.74. The number of carbonyl (C=O) groups excluding carboxylic acids is 3. The Labute approximate surface area is 154 Å². The van der Waals surface area contributed by atoms with E-state index in [9.17, 15) is 14.4 Å². The lowest BCUT2D eigenvalue weighted by atomic mass is 10.2. The van der Waals surface area contributed by atoms with E-state index < -0.39 is 12.0 Å². The standard InChI is InChI=1S/C18H20N2O5S/c1-3-24-18(23)15-11(2)10-14(26-15)19-16(21)12-6-4-8-20(12)17(22)13-7-5-9-25-13/h5,7,9-10,12H,3-4,6,8H2,1-2H3,(H,19,21). The van der Waals surface area contributed by atoms with Crippen LogP contribution in [0.5, 0.6) is 0 Å². The highest BCUT2D eigenvalue weighted by molar-refractivity contribution is 7.18. The van der Waals surface area contributed by atoms with Gasteiger partial charge in [-0.25, -0.2) is 4.79 Å². The third-order valence-corrected chi connectivity index (χ3v) is 5.31. The molecular formula is C18H20N2O5S. The Bertz CT molecular complexity index is 812. The molecule has 2 amide bonds. The van der Waals surface area contributed by atoms with Crippen LogP contribution in [0.4, 0.5) is 5.00 Å². The molecule has 0 spiro atoms. The Morgan fingerprint density at radius 1 is 1.42 bits per heavy atom. The van der Waals surface area contributed by atoms with Crippen molar-refractivity contribution in [1.82, 2.24) is 4.90 Å². The number of hydrogen-bond donors (Lipinski definition) is 1. The maximum Gasteiger partial charge on any atom is 0.348 e. The smallest absolute Gasteiger partial charge is 0.348 e. The highest BCUT2D eigenvalue weighted by Crippen LogP contribution is 2.29. The van der Waals surface area contributed by atoms with E-state index in [-0.39, 0.29) is 17.6 Å². The van der Waals surface area contributed by atoms with Crippen LogP contribution in [0.25, 0.3) is 0 Å².